The molecule has 2 aliphatic rings. The smallest absolute Gasteiger partial charge is 0.287 e. The molecular formula is C13H18N2O2. The van der Waals surface area contributed by atoms with Crippen LogP contribution in [0.3, 0.4) is 0 Å². The van der Waals surface area contributed by atoms with Crippen molar-refractivity contribution in [2.24, 2.45) is 17.6 Å². The highest BCUT2D eigenvalue weighted by atomic mass is 16.4. The lowest BCUT2D eigenvalue weighted by atomic mass is 10.1. The van der Waals surface area contributed by atoms with Gasteiger partial charge in [-0.1, -0.05) is 0 Å². The van der Waals surface area contributed by atoms with Gasteiger partial charge in [0.1, 0.15) is 5.76 Å². The van der Waals surface area contributed by atoms with Crippen LogP contribution in [0.25, 0.3) is 0 Å². The molecule has 0 aliphatic heterocycles. The van der Waals surface area contributed by atoms with Crippen molar-refractivity contribution in [2.45, 2.75) is 38.3 Å². The molecule has 1 aromatic rings. The number of carbonyl (C=O) groups excluding carboxylic acids is 1. The normalized spacial score (nSPS) is 19.6. The number of nitrogens with one attached hydrogen (secondary N) is 1. The number of nitrogens with two attached hydrogens (primary N) is 1. The number of carbonyl (C=O) groups is 1. The van der Waals surface area contributed by atoms with Crippen LogP contribution in [0, 0.1) is 11.8 Å². The zero-order valence-electron chi connectivity index (χ0n) is 9.82. The summed E-state index contributed by atoms with van der Waals surface area (Å²) in [6.07, 6.45) is 5.03. The van der Waals surface area contributed by atoms with Crippen molar-refractivity contribution in [2.75, 3.05) is 0 Å². The number of furan rings is 1. The lowest BCUT2D eigenvalue weighted by Gasteiger charge is -2.16. The van der Waals surface area contributed by atoms with Gasteiger partial charge in [0.05, 0.1) is 6.54 Å². The monoisotopic (exact) mass is 234 g/mol. The molecule has 17 heavy (non-hydrogen) atoms. The Morgan fingerprint density at radius 3 is 2.47 bits per heavy atom. The first-order chi connectivity index (χ1) is 8.28. The Morgan fingerprint density at radius 1 is 1.35 bits per heavy atom. The molecule has 3 rings (SSSR count). The molecule has 92 valence electrons. The van der Waals surface area contributed by atoms with E-state index in [2.05, 4.69) is 5.32 Å². The van der Waals surface area contributed by atoms with Gasteiger partial charge < -0.3 is 15.5 Å². The summed E-state index contributed by atoms with van der Waals surface area (Å²) in [5.74, 6) is 2.36. The van der Waals surface area contributed by atoms with Crippen LogP contribution >= 0.6 is 0 Å². The summed E-state index contributed by atoms with van der Waals surface area (Å²) in [7, 11) is 0. The molecule has 1 amide bonds. The van der Waals surface area contributed by atoms with E-state index in [1.54, 1.807) is 12.1 Å². The second kappa shape index (κ2) is 4.18. The first kappa shape index (κ1) is 10.8. The summed E-state index contributed by atoms with van der Waals surface area (Å²) < 4.78 is 5.36. The van der Waals surface area contributed by atoms with Gasteiger partial charge in [0.25, 0.3) is 5.91 Å². The van der Waals surface area contributed by atoms with Gasteiger partial charge in [-0.2, -0.15) is 0 Å². The van der Waals surface area contributed by atoms with E-state index >= 15 is 0 Å². The van der Waals surface area contributed by atoms with Gasteiger partial charge in [-0.3, -0.25) is 4.79 Å². The lowest BCUT2D eigenvalue weighted by Crippen LogP contribution is -2.37. The molecule has 4 heteroatoms. The molecule has 0 saturated heterocycles. The molecule has 3 N–H and O–H groups in total. The van der Waals surface area contributed by atoms with Crippen molar-refractivity contribution in [1.29, 1.82) is 0 Å². The van der Waals surface area contributed by atoms with Gasteiger partial charge in [-0.15, -0.1) is 0 Å². The van der Waals surface area contributed by atoms with Gasteiger partial charge in [0, 0.05) is 6.04 Å². The molecule has 0 radical (unpaired) electrons. The Morgan fingerprint density at radius 2 is 2.00 bits per heavy atom. The minimum atomic E-state index is -0.0894. The Hall–Kier alpha value is -1.29. The molecular weight excluding hydrogens is 216 g/mol. The highest BCUT2D eigenvalue weighted by molar-refractivity contribution is 5.91. The molecule has 0 aromatic carbocycles. The van der Waals surface area contributed by atoms with Crippen LogP contribution in [-0.4, -0.2) is 11.9 Å². The molecule has 0 unspecified atom stereocenters. The zero-order chi connectivity index (χ0) is 11.8. The van der Waals surface area contributed by atoms with Gasteiger partial charge in [0.15, 0.2) is 5.76 Å². The van der Waals surface area contributed by atoms with Crippen molar-refractivity contribution in [3.63, 3.8) is 0 Å². The van der Waals surface area contributed by atoms with Crippen LogP contribution in [0.4, 0.5) is 0 Å². The van der Waals surface area contributed by atoms with E-state index in [9.17, 15) is 4.79 Å². The van der Waals surface area contributed by atoms with Gasteiger partial charge >= 0.3 is 0 Å². The van der Waals surface area contributed by atoms with Gasteiger partial charge in [0.2, 0.25) is 0 Å². The summed E-state index contributed by atoms with van der Waals surface area (Å²) in [5, 5.41) is 3.12. The number of hydrogen-bond donors (Lipinski definition) is 2. The van der Waals surface area contributed by atoms with Crippen molar-refractivity contribution in [3.05, 3.63) is 23.7 Å². The first-order valence-corrected chi connectivity index (χ1v) is 6.37. The molecule has 1 aromatic heterocycles. The molecule has 0 bridgehead atoms. The van der Waals surface area contributed by atoms with Crippen molar-refractivity contribution >= 4 is 5.91 Å². The maximum absolute atomic E-state index is 12.0. The Kier molecular flexibility index (Phi) is 2.67. The predicted octanol–water partition coefficient (Wildman–Crippen LogP) is 1.66. The predicted molar refractivity (Wildman–Crippen MR) is 63.3 cm³/mol. The minimum Gasteiger partial charge on any atom is -0.455 e. The number of hydrogen-bond acceptors (Lipinski definition) is 3. The van der Waals surface area contributed by atoms with Gasteiger partial charge in [-0.05, 0) is 49.7 Å². The molecule has 0 spiro atoms. The quantitative estimate of drug-likeness (QED) is 0.814. The van der Waals surface area contributed by atoms with E-state index in [0.29, 0.717) is 35.9 Å². The topological polar surface area (TPSA) is 68.3 Å². The van der Waals surface area contributed by atoms with Crippen molar-refractivity contribution in [1.82, 2.24) is 5.32 Å². The van der Waals surface area contributed by atoms with E-state index in [4.69, 9.17) is 10.2 Å². The third-order valence-corrected chi connectivity index (χ3v) is 3.64. The standard InChI is InChI=1S/C13H18N2O2/c14-7-10-5-6-11(17-10)13(16)15-12(8-1-2-8)9-3-4-9/h5-6,8-9,12H,1-4,7,14H2,(H,15,16). The minimum absolute atomic E-state index is 0.0894. The third kappa shape index (κ3) is 2.36. The van der Waals surface area contributed by atoms with E-state index in [0.717, 1.165) is 0 Å². The SMILES string of the molecule is NCc1ccc(C(=O)NC(C2CC2)C2CC2)o1. The number of amides is 1. The highest BCUT2D eigenvalue weighted by Gasteiger charge is 2.42. The average molecular weight is 234 g/mol. The van der Waals surface area contributed by atoms with E-state index in [1.807, 2.05) is 0 Å². The lowest BCUT2D eigenvalue weighted by molar-refractivity contribution is 0.0896. The summed E-state index contributed by atoms with van der Waals surface area (Å²) in [4.78, 5) is 12.0. The van der Waals surface area contributed by atoms with Gasteiger partial charge in [-0.25, -0.2) is 0 Å². The molecule has 0 atom stereocenters. The van der Waals surface area contributed by atoms with Crippen LogP contribution < -0.4 is 11.1 Å². The van der Waals surface area contributed by atoms with E-state index < -0.39 is 0 Å². The van der Waals surface area contributed by atoms with E-state index in [1.165, 1.54) is 25.7 Å². The summed E-state index contributed by atoms with van der Waals surface area (Å²) in [6, 6.07) is 3.83. The first-order valence-electron chi connectivity index (χ1n) is 6.37. The highest BCUT2D eigenvalue weighted by Crippen LogP contribution is 2.44. The van der Waals surface area contributed by atoms with Crippen LogP contribution in [-0.2, 0) is 6.54 Å². The largest absolute Gasteiger partial charge is 0.455 e. The summed E-state index contributed by atoms with van der Waals surface area (Å²) in [5.41, 5.74) is 5.46. The molecule has 2 aliphatic carbocycles. The van der Waals surface area contributed by atoms with Crippen LogP contribution in [0.2, 0.25) is 0 Å². The second-order valence-corrected chi connectivity index (χ2v) is 5.14. The summed E-state index contributed by atoms with van der Waals surface area (Å²) >= 11 is 0. The third-order valence-electron chi connectivity index (χ3n) is 3.64. The molecule has 2 saturated carbocycles. The number of rotatable bonds is 5. The molecule has 2 fully saturated rings. The van der Waals surface area contributed by atoms with Crippen LogP contribution in [0.15, 0.2) is 16.5 Å². The fraction of sp³-hybridized carbons (Fsp3) is 0.615. The van der Waals surface area contributed by atoms with Crippen molar-refractivity contribution < 1.29 is 9.21 Å². The fourth-order valence-corrected chi connectivity index (χ4v) is 2.36. The molecule has 1 heterocycles. The summed E-state index contributed by atoms with van der Waals surface area (Å²) in [6.45, 7) is 0.335. The second-order valence-electron chi connectivity index (χ2n) is 5.14. The van der Waals surface area contributed by atoms with Crippen molar-refractivity contribution in [3.8, 4) is 0 Å². The molecule has 4 nitrogen and oxygen atoms in total. The zero-order valence-corrected chi connectivity index (χ0v) is 9.82. The maximum Gasteiger partial charge on any atom is 0.287 e. The Labute approximate surface area is 101 Å². The fourth-order valence-electron chi connectivity index (χ4n) is 2.36. The van der Waals surface area contributed by atoms with Crippen LogP contribution in [0.5, 0.6) is 0 Å². The Bertz CT molecular complexity index is 407. The maximum atomic E-state index is 12.0. The Balaban J connectivity index is 1.64. The van der Waals surface area contributed by atoms with Crippen LogP contribution in [0.1, 0.15) is 42.0 Å². The average Bonchev–Trinajstić information content (AvgIpc) is 3.24. The van der Waals surface area contributed by atoms with E-state index in [-0.39, 0.29) is 5.91 Å².